The maximum Gasteiger partial charge on any atom is 0.0346 e. The fraction of sp³-hybridized carbons (Fsp3) is 0.684. The number of benzene rings is 1. The molecule has 2 aliphatic carbocycles. The van der Waals surface area contributed by atoms with Crippen LogP contribution in [0.5, 0.6) is 0 Å². The van der Waals surface area contributed by atoms with Crippen LogP contribution in [0.1, 0.15) is 80.9 Å². The summed E-state index contributed by atoms with van der Waals surface area (Å²) in [6, 6.07) is 10.0. The Morgan fingerprint density at radius 1 is 0.950 bits per heavy atom. The van der Waals surface area contributed by atoms with Crippen molar-refractivity contribution in [2.45, 2.75) is 69.7 Å². The molecule has 1 unspecified atom stereocenters. The van der Waals surface area contributed by atoms with Gasteiger partial charge in [-0.3, -0.25) is 0 Å². The highest BCUT2D eigenvalue weighted by molar-refractivity contribution is 5.30. The highest BCUT2D eigenvalue weighted by Crippen LogP contribution is 2.39. The topological polar surface area (TPSA) is 12.0 Å². The summed E-state index contributed by atoms with van der Waals surface area (Å²) in [5.74, 6) is 1.68. The molecule has 0 heterocycles. The maximum absolute atomic E-state index is 3.62. The Labute approximate surface area is 124 Å². The van der Waals surface area contributed by atoms with Crippen LogP contribution in [0.25, 0.3) is 0 Å². The second-order valence-electron chi connectivity index (χ2n) is 6.82. The van der Waals surface area contributed by atoms with E-state index in [1.165, 1.54) is 63.4 Å². The van der Waals surface area contributed by atoms with E-state index in [9.17, 15) is 0 Å². The summed E-state index contributed by atoms with van der Waals surface area (Å²) in [7, 11) is 2.14. The largest absolute Gasteiger partial charge is 0.313 e. The second-order valence-corrected chi connectivity index (χ2v) is 6.82. The van der Waals surface area contributed by atoms with Crippen molar-refractivity contribution in [3.8, 4) is 0 Å². The van der Waals surface area contributed by atoms with Gasteiger partial charge in [0.1, 0.15) is 0 Å². The third-order valence-corrected chi connectivity index (χ3v) is 5.53. The lowest BCUT2D eigenvalue weighted by Crippen LogP contribution is -2.25. The molecule has 1 atom stereocenters. The lowest BCUT2D eigenvalue weighted by atomic mass is 9.78. The Balaban J connectivity index is 1.77. The SMILES string of the molecule is CNC(c1cccc(C2CCC2)c1)C1CCCCCC1. The summed E-state index contributed by atoms with van der Waals surface area (Å²) in [6.07, 6.45) is 12.7. The molecule has 0 aliphatic heterocycles. The molecule has 2 fully saturated rings. The molecule has 0 radical (unpaired) electrons. The summed E-state index contributed by atoms with van der Waals surface area (Å²) in [6.45, 7) is 0. The first-order valence-electron chi connectivity index (χ1n) is 8.65. The van der Waals surface area contributed by atoms with E-state index < -0.39 is 0 Å². The standard InChI is InChI=1S/C19H29N/c1-20-19(16-8-4-2-3-5-9-16)18-13-7-12-17(14-18)15-10-6-11-15/h7,12-16,19-20H,2-6,8-11H2,1H3. The van der Waals surface area contributed by atoms with Crippen molar-refractivity contribution in [2.24, 2.45) is 5.92 Å². The maximum atomic E-state index is 3.62. The quantitative estimate of drug-likeness (QED) is 0.744. The summed E-state index contributed by atoms with van der Waals surface area (Å²) in [5.41, 5.74) is 3.12. The third-order valence-electron chi connectivity index (χ3n) is 5.53. The van der Waals surface area contributed by atoms with Crippen LogP contribution >= 0.6 is 0 Å². The highest BCUT2D eigenvalue weighted by atomic mass is 14.9. The Kier molecular flexibility index (Phi) is 4.77. The lowest BCUT2D eigenvalue weighted by Gasteiger charge is -2.29. The number of hydrogen-bond donors (Lipinski definition) is 1. The lowest BCUT2D eigenvalue weighted by molar-refractivity contribution is 0.341. The molecule has 0 amide bonds. The minimum Gasteiger partial charge on any atom is -0.313 e. The molecule has 2 saturated carbocycles. The second kappa shape index (κ2) is 6.76. The molecule has 1 nitrogen and oxygen atoms in total. The van der Waals surface area contributed by atoms with Crippen molar-refractivity contribution in [1.29, 1.82) is 0 Å². The molecular formula is C19H29N. The van der Waals surface area contributed by atoms with E-state index in [1.807, 2.05) is 0 Å². The van der Waals surface area contributed by atoms with Gasteiger partial charge in [-0.15, -0.1) is 0 Å². The summed E-state index contributed by atoms with van der Waals surface area (Å²) >= 11 is 0. The van der Waals surface area contributed by atoms with E-state index >= 15 is 0 Å². The molecule has 0 saturated heterocycles. The first-order chi connectivity index (χ1) is 9.88. The van der Waals surface area contributed by atoms with Gasteiger partial charge in [-0.1, -0.05) is 56.4 Å². The van der Waals surface area contributed by atoms with E-state index in [2.05, 4.69) is 36.6 Å². The van der Waals surface area contributed by atoms with Crippen molar-refractivity contribution < 1.29 is 0 Å². The molecule has 1 aromatic rings. The highest BCUT2D eigenvalue weighted by Gasteiger charge is 2.25. The van der Waals surface area contributed by atoms with Crippen molar-refractivity contribution >= 4 is 0 Å². The van der Waals surface area contributed by atoms with E-state index in [0.29, 0.717) is 6.04 Å². The molecule has 2 aliphatic rings. The van der Waals surface area contributed by atoms with Gasteiger partial charge < -0.3 is 5.32 Å². The Hall–Kier alpha value is -0.820. The van der Waals surface area contributed by atoms with Gasteiger partial charge >= 0.3 is 0 Å². The van der Waals surface area contributed by atoms with Gasteiger partial charge in [0.2, 0.25) is 0 Å². The smallest absolute Gasteiger partial charge is 0.0346 e. The van der Waals surface area contributed by atoms with Crippen LogP contribution in [0.4, 0.5) is 0 Å². The van der Waals surface area contributed by atoms with E-state index in [4.69, 9.17) is 0 Å². The van der Waals surface area contributed by atoms with E-state index in [0.717, 1.165) is 11.8 Å². The molecule has 0 spiro atoms. The van der Waals surface area contributed by atoms with Crippen molar-refractivity contribution in [2.75, 3.05) is 7.05 Å². The van der Waals surface area contributed by atoms with Gasteiger partial charge in [-0.05, 0) is 55.7 Å². The molecule has 20 heavy (non-hydrogen) atoms. The molecule has 110 valence electrons. The van der Waals surface area contributed by atoms with Crippen LogP contribution in [0, 0.1) is 5.92 Å². The van der Waals surface area contributed by atoms with Gasteiger partial charge in [0, 0.05) is 6.04 Å². The van der Waals surface area contributed by atoms with Gasteiger partial charge in [0.05, 0.1) is 0 Å². The zero-order valence-electron chi connectivity index (χ0n) is 12.9. The van der Waals surface area contributed by atoms with Gasteiger partial charge in [-0.2, -0.15) is 0 Å². The monoisotopic (exact) mass is 271 g/mol. The fourth-order valence-electron chi connectivity index (χ4n) is 4.07. The van der Waals surface area contributed by atoms with Crippen LogP contribution in [0.3, 0.4) is 0 Å². The van der Waals surface area contributed by atoms with Crippen molar-refractivity contribution in [3.63, 3.8) is 0 Å². The van der Waals surface area contributed by atoms with Crippen LogP contribution < -0.4 is 5.32 Å². The van der Waals surface area contributed by atoms with Crippen molar-refractivity contribution in [1.82, 2.24) is 5.32 Å². The van der Waals surface area contributed by atoms with Crippen LogP contribution in [-0.2, 0) is 0 Å². The minimum atomic E-state index is 0.563. The molecule has 1 N–H and O–H groups in total. The summed E-state index contributed by atoms with van der Waals surface area (Å²) in [5, 5.41) is 3.62. The minimum absolute atomic E-state index is 0.563. The summed E-state index contributed by atoms with van der Waals surface area (Å²) in [4.78, 5) is 0. The number of rotatable bonds is 4. The molecule has 0 bridgehead atoms. The Morgan fingerprint density at radius 2 is 1.70 bits per heavy atom. The summed E-state index contributed by atoms with van der Waals surface area (Å²) < 4.78 is 0. The van der Waals surface area contributed by atoms with E-state index in [1.54, 1.807) is 5.56 Å². The van der Waals surface area contributed by atoms with Crippen LogP contribution in [-0.4, -0.2) is 7.05 Å². The molecule has 1 aromatic carbocycles. The predicted octanol–water partition coefficient (Wildman–Crippen LogP) is 5.19. The molecular weight excluding hydrogens is 242 g/mol. The zero-order valence-corrected chi connectivity index (χ0v) is 12.9. The number of nitrogens with one attached hydrogen (secondary N) is 1. The average molecular weight is 271 g/mol. The van der Waals surface area contributed by atoms with Gasteiger partial charge in [0.15, 0.2) is 0 Å². The fourth-order valence-corrected chi connectivity index (χ4v) is 4.07. The molecule has 0 aromatic heterocycles. The first kappa shape index (κ1) is 14.1. The molecule has 3 rings (SSSR count). The predicted molar refractivity (Wildman–Crippen MR) is 86.0 cm³/mol. The normalized spacial score (nSPS) is 23.1. The van der Waals surface area contributed by atoms with Crippen LogP contribution in [0.15, 0.2) is 24.3 Å². The Morgan fingerprint density at radius 3 is 2.30 bits per heavy atom. The average Bonchev–Trinajstić information content (AvgIpc) is 2.67. The Bertz CT molecular complexity index is 414. The van der Waals surface area contributed by atoms with E-state index in [-0.39, 0.29) is 0 Å². The third kappa shape index (κ3) is 3.09. The van der Waals surface area contributed by atoms with Crippen molar-refractivity contribution in [3.05, 3.63) is 35.4 Å². The molecule has 1 heteroatoms. The zero-order chi connectivity index (χ0) is 13.8. The van der Waals surface area contributed by atoms with Gasteiger partial charge in [-0.25, -0.2) is 0 Å². The van der Waals surface area contributed by atoms with Crippen LogP contribution in [0.2, 0.25) is 0 Å². The first-order valence-corrected chi connectivity index (χ1v) is 8.65. The van der Waals surface area contributed by atoms with Gasteiger partial charge in [0.25, 0.3) is 0 Å². The number of hydrogen-bond acceptors (Lipinski definition) is 1.